The highest BCUT2D eigenvalue weighted by molar-refractivity contribution is 9.10. The number of benzene rings is 1. The number of nitrogens with zero attached hydrogens (tertiary/aromatic N) is 3. The van der Waals surface area contributed by atoms with Crippen molar-refractivity contribution in [1.29, 1.82) is 0 Å². The molecule has 0 amide bonds. The van der Waals surface area contributed by atoms with Crippen LogP contribution in [0.15, 0.2) is 51.2 Å². The summed E-state index contributed by atoms with van der Waals surface area (Å²) in [5.41, 5.74) is 2.02. The fourth-order valence-corrected chi connectivity index (χ4v) is 3.21. The van der Waals surface area contributed by atoms with Crippen LogP contribution < -0.4 is 5.56 Å². The molecule has 4 nitrogen and oxygen atoms in total. The molecule has 3 rings (SSSR count). The lowest BCUT2D eigenvalue weighted by molar-refractivity contribution is 0.315. The molecule has 0 radical (unpaired) electrons. The van der Waals surface area contributed by atoms with Gasteiger partial charge in [-0.15, -0.1) is 11.3 Å². The summed E-state index contributed by atoms with van der Waals surface area (Å²) in [5, 5.41) is 1.87. The highest BCUT2D eigenvalue weighted by Gasteiger charge is 2.07. The van der Waals surface area contributed by atoms with Crippen LogP contribution in [0.2, 0.25) is 0 Å². The van der Waals surface area contributed by atoms with E-state index in [1.165, 1.54) is 16.9 Å². The molecule has 0 fully saturated rings. The third kappa shape index (κ3) is 3.40. The molecule has 0 bridgehead atoms. The Bertz CT molecular complexity index is 810. The molecule has 3 aromatic rings. The first-order valence-corrected chi connectivity index (χ1v) is 8.18. The third-order valence-corrected chi connectivity index (χ3v) is 4.44. The summed E-state index contributed by atoms with van der Waals surface area (Å²) in [4.78, 5) is 19.4. The minimum Gasteiger partial charge on any atom is -0.296 e. The van der Waals surface area contributed by atoms with Gasteiger partial charge in [-0.1, -0.05) is 28.1 Å². The molecule has 1 aromatic carbocycles. The first-order valence-electron chi connectivity index (χ1n) is 6.50. The maximum Gasteiger partial charge on any atom is 0.258 e. The van der Waals surface area contributed by atoms with Crippen LogP contribution >= 0.6 is 27.3 Å². The van der Waals surface area contributed by atoms with E-state index in [9.17, 15) is 4.79 Å². The van der Waals surface area contributed by atoms with Gasteiger partial charge in [0.15, 0.2) is 4.96 Å². The molecule has 0 aliphatic carbocycles. The number of thiazole rings is 1. The third-order valence-electron chi connectivity index (χ3n) is 3.15. The van der Waals surface area contributed by atoms with Gasteiger partial charge >= 0.3 is 0 Å². The van der Waals surface area contributed by atoms with Crippen molar-refractivity contribution in [2.24, 2.45) is 0 Å². The molecule has 0 spiro atoms. The van der Waals surface area contributed by atoms with Crippen molar-refractivity contribution in [3.8, 4) is 0 Å². The van der Waals surface area contributed by atoms with Crippen LogP contribution in [0.4, 0.5) is 0 Å². The van der Waals surface area contributed by atoms with E-state index in [1.807, 2.05) is 24.6 Å². The Hall–Kier alpha value is -1.50. The van der Waals surface area contributed by atoms with E-state index in [-0.39, 0.29) is 5.56 Å². The second-order valence-corrected chi connectivity index (χ2v) is 6.73. The maximum atomic E-state index is 11.9. The van der Waals surface area contributed by atoms with Crippen LogP contribution in [0.25, 0.3) is 4.96 Å². The van der Waals surface area contributed by atoms with E-state index in [1.54, 1.807) is 16.7 Å². The zero-order valence-electron chi connectivity index (χ0n) is 11.5. The Morgan fingerprint density at radius 2 is 2.05 bits per heavy atom. The van der Waals surface area contributed by atoms with E-state index >= 15 is 0 Å². The molecule has 0 aliphatic heterocycles. The van der Waals surface area contributed by atoms with E-state index in [0.717, 1.165) is 21.7 Å². The van der Waals surface area contributed by atoms with Gasteiger partial charge in [-0.3, -0.25) is 14.1 Å². The van der Waals surface area contributed by atoms with Crippen LogP contribution in [0.1, 0.15) is 11.3 Å². The summed E-state index contributed by atoms with van der Waals surface area (Å²) < 4.78 is 2.65. The van der Waals surface area contributed by atoms with Crippen molar-refractivity contribution in [2.75, 3.05) is 7.05 Å². The van der Waals surface area contributed by atoms with Gasteiger partial charge in [0.05, 0.1) is 5.69 Å². The predicted octanol–water partition coefficient (Wildman–Crippen LogP) is 3.15. The summed E-state index contributed by atoms with van der Waals surface area (Å²) in [6.45, 7) is 1.47. The van der Waals surface area contributed by atoms with Gasteiger partial charge in [0.25, 0.3) is 5.56 Å². The average molecular weight is 364 g/mol. The quantitative estimate of drug-likeness (QED) is 0.714. The minimum absolute atomic E-state index is 0.0201. The molecule has 0 saturated carbocycles. The minimum atomic E-state index is -0.0201. The standard InChI is InChI=1S/C15H14BrN3OS/c1-18(9-11-2-4-12(16)5-3-11)10-13-8-14(20)19-6-7-21-15(19)17-13/h2-8H,9-10H2,1H3. The molecule has 108 valence electrons. The lowest BCUT2D eigenvalue weighted by Crippen LogP contribution is -2.21. The molecule has 0 N–H and O–H groups in total. The van der Waals surface area contributed by atoms with Gasteiger partial charge in [-0.25, -0.2) is 4.98 Å². The summed E-state index contributed by atoms with van der Waals surface area (Å²) >= 11 is 4.91. The Kier molecular flexibility index (Phi) is 4.19. The number of hydrogen-bond donors (Lipinski definition) is 0. The van der Waals surface area contributed by atoms with E-state index in [4.69, 9.17) is 0 Å². The lowest BCUT2D eigenvalue weighted by atomic mass is 10.2. The van der Waals surface area contributed by atoms with Crippen molar-refractivity contribution < 1.29 is 0 Å². The highest BCUT2D eigenvalue weighted by atomic mass is 79.9. The Morgan fingerprint density at radius 3 is 2.81 bits per heavy atom. The zero-order chi connectivity index (χ0) is 14.8. The van der Waals surface area contributed by atoms with Crippen molar-refractivity contribution in [2.45, 2.75) is 13.1 Å². The van der Waals surface area contributed by atoms with Crippen LogP contribution in [-0.2, 0) is 13.1 Å². The Morgan fingerprint density at radius 1 is 1.29 bits per heavy atom. The molecular formula is C15H14BrN3OS. The Labute approximate surface area is 134 Å². The van der Waals surface area contributed by atoms with Crippen LogP contribution in [0.5, 0.6) is 0 Å². The fraction of sp³-hybridized carbons (Fsp3) is 0.200. The fourth-order valence-electron chi connectivity index (χ4n) is 2.20. The van der Waals surface area contributed by atoms with Crippen LogP contribution in [0.3, 0.4) is 0 Å². The van der Waals surface area contributed by atoms with Gasteiger partial charge in [0.1, 0.15) is 0 Å². The largest absolute Gasteiger partial charge is 0.296 e. The number of fused-ring (bicyclic) bond motifs is 1. The number of aromatic nitrogens is 2. The molecule has 6 heteroatoms. The van der Waals surface area contributed by atoms with Crippen molar-refractivity contribution >= 4 is 32.2 Å². The van der Waals surface area contributed by atoms with Gasteiger partial charge in [-0.2, -0.15) is 0 Å². The Balaban J connectivity index is 1.75. The highest BCUT2D eigenvalue weighted by Crippen LogP contribution is 2.13. The van der Waals surface area contributed by atoms with Crippen molar-refractivity contribution in [1.82, 2.24) is 14.3 Å². The second kappa shape index (κ2) is 6.09. The number of hydrogen-bond acceptors (Lipinski definition) is 4. The zero-order valence-corrected chi connectivity index (χ0v) is 13.9. The summed E-state index contributed by atoms with van der Waals surface area (Å²) in [7, 11) is 2.03. The molecule has 0 unspecified atom stereocenters. The van der Waals surface area contributed by atoms with E-state index in [0.29, 0.717) is 6.54 Å². The first-order chi connectivity index (χ1) is 10.1. The number of halogens is 1. The lowest BCUT2D eigenvalue weighted by Gasteiger charge is -2.16. The van der Waals surface area contributed by atoms with Gasteiger partial charge in [-0.05, 0) is 24.7 Å². The van der Waals surface area contributed by atoms with E-state index < -0.39 is 0 Å². The van der Waals surface area contributed by atoms with Gasteiger partial charge in [0, 0.05) is 35.2 Å². The van der Waals surface area contributed by atoms with E-state index in [2.05, 4.69) is 37.9 Å². The first kappa shape index (κ1) is 14.4. The van der Waals surface area contributed by atoms with Crippen molar-refractivity contribution in [3.05, 3.63) is 68.0 Å². The molecule has 2 aromatic heterocycles. The topological polar surface area (TPSA) is 37.6 Å². The van der Waals surface area contributed by atoms with Crippen LogP contribution in [0, 0.1) is 0 Å². The SMILES string of the molecule is CN(Cc1ccc(Br)cc1)Cc1cc(=O)n2ccsc2n1. The average Bonchev–Trinajstić information content (AvgIpc) is 2.90. The van der Waals surface area contributed by atoms with Gasteiger partial charge in [0.2, 0.25) is 0 Å². The molecular weight excluding hydrogens is 350 g/mol. The summed E-state index contributed by atoms with van der Waals surface area (Å²) in [6.07, 6.45) is 1.75. The normalized spacial score (nSPS) is 11.4. The molecule has 2 heterocycles. The maximum absolute atomic E-state index is 11.9. The smallest absolute Gasteiger partial charge is 0.258 e. The molecule has 0 saturated heterocycles. The van der Waals surface area contributed by atoms with Crippen LogP contribution in [-0.4, -0.2) is 21.3 Å². The second-order valence-electron chi connectivity index (χ2n) is 4.94. The molecule has 0 aliphatic rings. The summed E-state index contributed by atoms with van der Waals surface area (Å²) in [6, 6.07) is 9.85. The molecule has 21 heavy (non-hydrogen) atoms. The monoisotopic (exact) mass is 363 g/mol. The van der Waals surface area contributed by atoms with Crippen molar-refractivity contribution in [3.63, 3.8) is 0 Å². The predicted molar refractivity (Wildman–Crippen MR) is 88.7 cm³/mol. The number of rotatable bonds is 4. The molecule has 0 atom stereocenters. The summed E-state index contributed by atoms with van der Waals surface area (Å²) in [5.74, 6) is 0. The van der Waals surface area contributed by atoms with Gasteiger partial charge < -0.3 is 0 Å².